The highest BCUT2D eigenvalue weighted by atomic mass is 19.2. The zero-order valence-corrected chi connectivity index (χ0v) is 28.7. The van der Waals surface area contributed by atoms with Gasteiger partial charge in [-0.3, -0.25) is 9.79 Å². The van der Waals surface area contributed by atoms with Crippen molar-refractivity contribution in [2.24, 2.45) is 10.9 Å². The number of Topliss-reactive ketones (excluding diaryl/α,β-unsaturated/α-hetero) is 2. The van der Waals surface area contributed by atoms with E-state index in [4.69, 9.17) is 5.11 Å². The summed E-state index contributed by atoms with van der Waals surface area (Å²) in [6, 6.07) is 7.42. The zero-order chi connectivity index (χ0) is 33.8. The largest absolute Gasteiger partial charge is 0.505 e. The molecular weight excluding hydrogens is 546 g/mol. The van der Waals surface area contributed by atoms with E-state index >= 15 is 0 Å². The Morgan fingerprint density at radius 2 is 1.40 bits per heavy atom. The number of carbonyl (C=O) groups excluding carboxylic acids is 2. The van der Waals surface area contributed by atoms with Gasteiger partial charge in [0.2, 0.25) is 0 Å². The summed E-state index contributed by atoms with van der Waals surface area (Å²) in [5.74, 6) is -2.10. The molecule has 0 atom stereocenters. The third kappa shape index (κ3) is 24.1. The molecule has 2 aromatic carbocycles. The first kappa shape index (κ1) is 44.4. The smallest absolute Gasteiger partial charge is 0.200 e. The Morgan fingerprint density at radius 3 is 1.74 bits per heavy atom. The number of nitrogens with one attached hydrogen (secondary N) is 1. The molecule has 0 amide bonds. The van der Waals surface area contributed by atoms with Crippen LogP contribution in [-0.2, 0) is 11.2 Å². The SMILES string of the molecule is C=Nc1cc(C(C)=O)ccc1NC.CC(=O)CCc1cc(O)c(F)c(F)c1.CCCC.CCCC.CCCC(C)CCC. The van der Waals surface area contributed by atoms with Gasteiger partial charge in [-0.15, -0.1) is 0 Å². The van der Waals surface area contributed by atoms with Gasteiger partial charge in [-0.1, -0.05) is 99.8 Å². The number of unbranched alkanes of at least 4 members (excludes halogenated alkanes) is 2. The van der Waals surface area contributed by atoms with Crippen molar-refractivity contribution < 1.29 is 23.5 Å². The summed E-state index contributed by atoms with van der Waals surface area (Å²) in [6.07, 6.45) is 11.4. The highest BCUT2D eigenvalue weighted by Gasteiger charge is 2.09. The van der Waals surface area contributed by atoms with Crippen LogP contribution in [0.1, 0.15) is 136 Å². The van der Waals surface area contributed by atoms with Gasteiger partial charge < -0.3 is 15.2 Å². The van der Waals surface area contributed by atoms with E-state index in [0.717, 1.165) is 23.7 Å². The third-order valence-electron chi connectivity index (χ3n) is 6.24. The Labute approximate surface area is 261 Å². The van der Waals surface area contributed by atoms with Crippen molar-refractivity contribution in [2.75, 3.05) is 12.4 Å². The van der Waals surface area contributed by atoms with E-state index < -0.39 is 17.4 Å². The average Bonchev–Trinajstić information content (AvgIpc) is 2.99. The number of halogens is 2. The molecule has 0 spiro atoms. The number of aliphatic imine (C=N–C) groups is 1. The van der Waals surface area contributed by atoms with E-state index in [1.807, 2.05) is 6.07 Å². The van der Waals surface area contributed by atoms with Gasteiger partial charge in [-0.2, -0.15) is 4.39 Å². The predicted molar refractivity (Wildman–Crippen MR) is 182 cm³/mol. The summed E-state index contributed by atoms with van der Waals surface area (Å²) < 4.78 is 25.4. The van der Waals surface area contributed by atoms with E-state index in [1.54, 1.807) is 19.2 Å². The monoisotopic (exact) mass is 606 g/mol. The van der Waals surface area contributed by atoms with Crippen LogP contribution >= 0.6 is 0 Å². The number of phenolic OH excluding ortho intramolecular Hbond substituents is 1. The molecule has 0 aliphatic carbocycles. The lowest BCUT2D eigenvalue weighted by molar-refractivity contribution is -0.116. The maximum absolute atomic E-state index is 12.7. The Morgan fingerprint density at radius 1 is 0.884 bits per heavy atom. The molecule has 2 rings (SSSR count). The molecule has 246 valence electrons. The number of hydrogen-bond acceptors (Lipinski definition) is 5. The fraction of sp³-hybridized carbons (Fsp3) is 0.583. The van der Waals surface area contributed by atoms with Crippen molar-refractivity contribution in [3.63, 3.8) is 0 Å². The van der Waals surface area contributed by atoms with Crippen LogP contribution in [0.15, 0.2) is 35.3 Å². The van der Waals surface area contributed by atoms with Crippen molar-refractivity contribution in [1.29, 1.82) is 0 Å². The summed E-state index contributed by atoms with van der Waals surface area (Å²) in [6.45, 7) is 22.0. The number of aromatic hydroxyl groups is 1. The summed E-state index contributed by atoms with van der Waals surface area (Å²) in [5, 5.41) is 11.9. The fourth-order valence-corrected chi connectivity index (χ4v) is 3.32. The zero-order valence-electron chi connectivity index (χ0n) is 28.7. The Bertz CT molecular complexity index is 989. The lowest BCUT2D eigenvalue weighted by atomic mass is 10.0. The van der Waals surface area contributed by atoms with E-state index in [0.29, 0.717) is 23.2 Å². The van der Waals surface area contributed by atoms with Gasteiger partial charge in [0, 0.05) is 19.0 Å². The summed E-state index contributed by atoms with van der Waals surface area (Å²) in [7, 11) is 1.80. The average molecular weight is 607 g/mol. The highest BCUT2D eigenvalue weighted by molar-refractivity contribution is 5.96. The molecule has 5 nitrogen and oxygen atoms in total. The van der Waals surface area contributed by atoms with Gasteiger partial charge in [-0.25, -0.2) is 4.39 Å². The fourth-order valence-electron chi connectivity index (χ4n) is 3.32. The first-order valence-corrected chi connectivity index (χ1v) is 15.8. The molecule has 0 heterocycles. The molecule has 0 aromatic heterocycles. The van der Waals surface area contributed by atoms with Crippen LogP contribution in [0.5, 0.6) is 5.75 Å². The minimum Gasteiger partial charge on any atom is -0.505 e. The number of anilines is 1. The summed E-state index contributed by atoms with van der Waals surface area (Å²) in [4.78, 5) is 25.5. The molecule has 7 heteroatoms. The van der Waals surface area contributed by atoms with Crippen molar-refractivity contribution in [1.82, 2.24) is 0 Å². The van der Waals surface area contributed by atoms with Crippen LogP contribution < -0.4 is 5.32 Å². The Kier molecular flexibility index (Phi) is 29.9. The van der Waals surface area contributed by atoms with Crippen LogP contribution in [-0.4, -0.2) is 30.4 Å². The number of rotatable bonds is 12. The molecule has 0 saturated heterocycles. The van der Waals surface area contributed by atoms with Crippen molar-refractivity contribution in [3.05, 3.63) is 53.1 Å². The number of nitrogens with zero attached hydrogens (tertiary/aromatic N) is 1. The first-order valence-electron chi connectivity index (χ1n) is 15.8. The second-order valence-electron chi connectivity index (χ2n) is 10.5. The second kappa shape index (κ2) is 29.0. The molecule has 0 aliphatic rings. The molecule has 43 heavy (non-hydrogen) atoms. The molecule has 0 saturated carbocycles. The second-order valence-corrected chi connectivity index (χ2v) is 10.5. The van der Waals surface area contributed by atoms with Crippen LogP contribution in [0.4, 0.5) is 20.2 Å². The summed E-state index contributed by atoms with van der Waals surface area (Å²) >= 11 is 0. The van der Waals surface area contributed by atoms with Gasteiger partial charge in [0.05, 0.1) is 11.4 Å². The van der Waals surface area contributed by atoms with Crippen molar-refractivity contribution in [3.8, 4) is 5.75 Å². The standard InChI is InChI=1S/C10H10F2O2.C10H12N2O.C8H18.2C4H10/c1-6(13)2-3-7-4-8(11)10(12)9(14)5-7;1-7(13)8-4-5-9(11-2)10(6-8)12-3;1-4-6-8(3)7-5-2;2*1-3-4-2/h4-5,14H,2-3H2,1H3;4-6,11H,3H2,1-2H3;8H,4-7H2,1-3H3;2*3-4H2,1-2H3. The minimum absolute atomic E-state index is 0.0331. The van der Waals surface area contributed by atoms with E-state index in [1.165, 1.54) is 65.2 Å². The molecule has 2 aromatic rings. The molecule has 0 bridgehead atoms. The predicted octanol–water partition coefficient (Wildman–Crippen LogP) is 11.3. The number of hydrogen-bond donors (Lipinski definition) is 2. The number of phenols is 1. The van der Waals surface area contributed by atoms with Crippen LogP contribution in [0.25, 0.3) is 0 Å². The Hall–Kier alpha value is -3.09. The third-order valence-corrected chi connectivity index (χ3v) is 6.24. The lowest BCUT2D eigenvalue weighted by Crippen LogP contribution is -1.96. The van der Waals surface area contributed by atoms with Crippen molar-refractivity contribution >= 4 is 29.7 Å². The number of benzene rings is 2. The number of aryl methyl sites for hydroxylation is 1. The summed E-state index contributed by atoms with van der Waals surface area (Å²) in [5.41, 5.74) is 2.65. The maximum atomic E-state index is 12.7. The molecule has 0 radical (unpaired) electrons. The molecular formula is C36H60F2N2O3. The first-order chi connectivity index (χ1) is 20.3. The minimum atomic E-state index is -1.25. The lowest BCUT2D eigenvalue weighted by Gasteiger charge is -2.05. The number of carbonyl (C=O) groups is 2. The van der Waals surface area contributed by atoms with E-state index in [-0.39, 0.29) is 18.0 Å². The number of ketones is 2. The topological polar surface area (TPSA) is 78.8 Å². The van der Waals surface area contributed by atoms with Crippen LogP contribution in [0.2, 0.25) is 0 Å². The van der Waals surface area contributed by atoms with Crippen LogP contribution in [0.3, 0.4) is 0 Å². The van der Waals surface area contributed by atoms with Gasteiger partial charge in [-0.05, 0) is 68.8 Å². The van der Waals surface area contributed by atoms with Crippen LogP contribution in [0, 0.1) is 17.6 Å². The normalized spacial score (nSPS) is 9.51. The van der Waals surface area contributed by atoms with Gasteiger partial charge in [0.1, 0.15) is 5.78 Å². The maximum Gasteiger partial charge on any atom is 0.200 e. The van der Waals surface area contributed by atoms with E-state index in [9.17, 15) is 18.4 Å². The quantitative estimate of drug-likeness (QED) is 0.186. The van der Waals surface area contributed by atoms with E-state index in [2.05, 4.69) is 65.5 Å². The molecule has 0 aliphatic heterocycles. The van der Waals surface area contributed by atoms with Gasteiger partial charge in [0.15, 0.2) is 23.2 Å². The molecule has 2 N–H and O–H groups in total. The van der Waals surface area contributed by atoms with Gasteiger partial charge in [0.25, 0.3) is 0 Å². The Balaban J connectivity index is -0.000000508. The molecule has 0 fully saturated rings. The molecule has 0 unspecified atom stereocenters. The van der Waals surface area contributed by atoms with Crippen molar-refractivity contribution in [2.45, 2.75) is 127 Å². The van der Waals surface area contributed by atoms with Gasteiger partial charge >= 0.3 is 0 Å². The highest BCUT2D eigenvalue weighted by Crippen LogP contribution is 2.25.